The molecule has 0 bridgehead atoms. The Morgan fingerprint density at radius 2 is 1.28 bits per heavy atom. The van der Waals surface area contributed by atoms with E-state index in [2.05, 4.69) is 0 Å². The Labute approximate surface area is 105 Å². The van der Waals surface area contributed by atoms with E-state index in [-0.39, 0.29) is 0 Å². The van der Waals surface area contributed by atoms with E-state index in [1.165, 1.54) is 0 Å². The van der Waals surface area contributed by atoms with Crippen LogP contribution >= 0.6 is 7.92 Å². The average Bonchev–Trinajstić information content (AvgIpc) is 2.38. The van der Waals surface area contributed by atoms with E-state index in [1.807, 2.05) is 37.0 Å². The quantitative estimate of drug-likeness (QED) is 0.727. The molecule has 0 heterocycles. The second kappa shape index (κ2) is 5.11. The van der Waals surface area contributed by atoms with Gasteiger partial charge in [-0.2, -0.15) is 13.2 Å². The molecule has 0 aliphatic rings. The molecular formula is C14H12F3P. The molecule has 0 radical (unpaired) electrons. The highest BCUT2D eigenvalue weighted by Crippen LogP contribution is 2.32. The molecule has 18 heavy (non-hydrogen) atoms. The maximum Gasteiger partial charge on any atom is 0.416 e. The fourth-order valence-corrected chi connectivity index (χ4v) is 3.19. The van der Waals surface area contributed by atoms with Gasteiger partial charge in [-0.25, -0.2) is 0 Å². The summed E-state index contributed by atoms with van der Waals surface area (Å²) >= 11 is 0. The minimum atomic E-state index is -4.26. The highest BCUT2D eigenvalue weighted by molar-refractivity contribution is 7.72. The zero-order valence-electron chi connectivity index (χ0n) is 9.78. The molecule has 0 amide bonds. The third-order valence-corrected chi connectivity index (χ3v) is 4.87. The van der Waals surface area contributed by atoms with Crippen LogP contribution in [0.1, 0.15) is 5.56 Å². The lowest BCUT2D eigenvalue weighted by molar-refractivity contribution is -0.137. The fourth-order valence-electron chi connectivity index (χ4n) is 1.67. The second-order valence-electron chi connectivity index (χ2n) is 3.94. The zero-order chi connectivity index (χ0) is 13.2. The van der Waals surface area contributed by atoms with Gasteiger partial charge in [-0.15, -0.1) is 0 Å². The molecule has 1 unspecified atom stereocenters. The van der Waals surface area contributed by atoms with Crippen LogP contribution in [0.3, 0.4) is 0 Å². The van der Waals surface area contributed by atoms with Gasteiger partial charge in [0.25, 0.3) is 0 Å². The molecule has 0 aliphatic carbocycles. The maximum absolute atomic E-state index is 12.4. The van der Waals surface area contributed by atoms with Crippen LogP contribution in [0.25, 0.3) is 0 Å². The van der Waals surface area contributed by atoms with Gasteiger partial charge in [0, 0.05) is 0 Å². The first-order valence-electron chi connectivity index (χ1n) is 5.44. The Morgan fingerprint density at radius 1 is 0.778 bits per heavy atom. The van der Waals surface area contributed by atoms with Gasteiger partial charge in [-0.05, 0) is 37.3 Å². The summed E-state index contributed by atoms with van der Waals surface area (Å²) < 4.78 is 37.3. The molecule has 4 heteroatoms. The SMILES string of the molecule is CP(c1ccccc1)c1ccc(C(F)(F)F)cc1. The van der Waals surface area contributed by atoms with Crippen LogP contribution in [-0.2, 0) is 6.18 Å². The highest BCUT2D eigenvalue weighted by atomic mass is 31.1. The number of halogens is 3. The molecular weight excluding hydrogens is 256 g/mol. The van der Waals surface area contributed by atoms with Crippen LogP contribution in [0, 0.1) is 0 Å². The summed E-state index contributed by atoms with van der Waals surface area (Å²) in [7, 11) is -0.586. The van der Waals surface area contributed by atoms with E-state index < -0.39 is 19.7 Å². The molecule has 2 rings (SSSR count). The van der Waals surface area contributed by atoms with Crippen molar-refractivity contribution in [3.63, 3.8) is 0 Å². The van der Waals surface area contributed by atoms with Crippen LogP contribution < -0.4 is 10.6 Å². The molecule has 0 nitrogen and oxygen atoms in total. The van der Waals surface area contributed by atoms with E-state index in [0.29, 0.717) is 0 Å². The van der Waals surface area contributed by atoms with E-state index in [0.717, 1.165) is 22.7 Å². The third kappa shape index (κ3) is 2.91. The van der Waals surface area contributed by atoms with Gasteiger partial charge in [0.15, 0.2) is 0 Å². The van der Waals surface area contributed by atoms with Crippen molar-refractivity contribution in [1.82, 2.24) is 0 Å². The predicted octanol–water partition coefficient (Wildman–Crippen LogP) is 3.77. The largest absolute Gasteiger partial charge is 0.416 e. The Hall–Kier alpha value is -1.34. The highest BCUT2D eigenvalue weighted by Gasteiger charge is 2.30. The molecule has 0 spiro atoms. The van der Waals surface area contributed by atoms with Gasteiger partial charge in [0.05, 0.1) is 5.56 Å². The molecule has 2 aromatic carbocycles. The first kappa shape index (κ1) is 13.1. The minimum Gasteiger partial charge on any atom is -0.166 e. The van der Waals surface area contributed by atoms with Crippen molar-refractivity contribution < 1.29 is 13.2 Å². The molecule has 0 fully saturated rings. The van der Waals surface area contributed by atoms with Crippen molar-refractivity contribution in [3.05, 3.63) is 60.2 Å². The summed E-state index contributed by atoms with van der Waals surface area (Å²) in [6.45, 7) is 2.05. The molecule has 1 atom stereocenters. The lowest BCUT2D eigenvalue weighted by Crippen LogP contribution is -2.12. The summed E-state index contributed by atoms with van der Waals surface area (Å²) in [6.07, 6.45) is -4.26. The Balaban J connectivity index is 2.25. The number of hydrogen-bond acceptors (Lipinski definition) is 0. The van der Waals surface area contributed by atoms with Gasteiger partial charge in [-0.3, -0.25) is 0 Å². The average molecular weight is 268 g/mol. The summed E-state index contributed by atoms with van der Waals surface area (Å²) in [5.74, 6) is 0. The lowest BCUT2D eigenvalue weighted by Gasteiger charge is -2.14. The van der Waals surface area contributed by atoms with Crippen molar-refractivity contribution in [2.24, 2.45) is 0 Å². The second-order valence-corrected chi connectivity index (χ2v) is 6.09. The Kier molecular flexibility index (Phi) is 3.72. The first-order chi connectivity index (χ1) is 8.48. The van der Waals surface area contributed by atoms with Gasteiger partial charge in [0.1, 0.15) is 0 Å². The van der Waals surface area contributed by atoms with Gasteiger partial charge < -0.3 is 0 Å². The van der Waals surface area contributed by atoms with Crippen LogP contribution in [0.4, 0.5) is 13.2 Å². The molecule has 0 saturated heterocycles. The van der Waals surface area contributed by atoms with Crippen LogP contribution in [0.5, 0.6) is 0 Å². The molecule has 0 aliphatic heterocycles. The summed E-state index contributed by atoms with van der Waals surface area (Å²) in [5.41, 5.74) is -0.595. The summed E-state index contributed by atoms with van der Waals surface area (Å²) in [4.78, 5) is 0. The molecule has 0 saturated carbocycles. The van der Waals surface area contributed by atoms with E-state index in [1.54, 1.807) is 12.1 Å². The number of rotatable bonds is 2. The molecule has 2 aromatic rings. The van der Waals surface area contributed by atoms with Crippen molar-refractivity contribution >= 4 is 18.5 Å². The van der Waals surface area contributed by atoms with Crippen LogP contribution in [0.15, 0.2) is 54.6 Å². The third-order valence-electron chi connectivity index (χ3n) is 2.73. The Morgan fingerprint density at radius 3 is 1.78 bits per heavy atom. The molecule has 0 aromatic heterocycles. The summed E-state index contributed by atoms with van der Waals surface area (Å²) in [6, 6.07) is 15.3. The van der Waals surface area contributed by atoms with Crippen LogP contribution in [-0.4, -0.2) is 6.66 Å². The van der Waals surface area contributed by atoms with E-state index in [4.69, 9.17) is 0 Å². The van der Waals surface area contributed by atoms with E-state index in [9.17, 15) is 13.2 Å². The maximum atomic E-state index is 12.4. The fraction of sp³-hybridized carbons (Fsp3) is 0.143. The van der Waals surface area contributed by atoms with E-state index >= 15 is 0 Å². The van der Waals surface area contributed by atoms with Crippen molar-refractivity contribution in [2.75, 3.05) is 6.66 Å². The summed E-state index contributed by atoms with van der Waals surface area (Å²) in [5, 5.41) is 2.11. The van der Waals surface area contributed by atoms with Crippen LogP contribution in [0.2, 0.25) is 0 Å². The molecule has 94 valence electrons. The Bertz CT molecular complexity index is 503. The monoisotopic (exact) mass is 268 g/mol. The lowest BCUT2D eigenvalue weighted by atomic mass is 10.2. The minimum absolute atomic E-state index is 0.586. The van der Waals surface area contributed by atoms with Gasteiger partial charge in [-0.1, -0.05) is 42.5 Å². The van der Waals surface area contributed by atoms with Gasteiger partial charge in [0.2, 0.25) is 0 Å². The number of hydrogen-bond donors (Lipinski definition) is 0. The topological polar surface area (TPSA) is 0 Å². The smallest absolute Gasteiger partial charge is 0.166 e. The van der Waals surface area contributed by atoms with Crippen molar-refractivity contribution in [3.8, 4) is 0 Å². The number of benzene rings is 2. The number of alkyl halides is 3. The predicted molar refractivity (Wildman–Crippen MR) is 70.0 cm³/mol. The zero-order valence-corrected chi connectivity index (χ0v) is 10.7. The molecule has 0 N–H and O–H groups in total. The first-order valence-corrected chi connectivity index (χ1v) is 7.23. The van der Waals surface area contributed by atoms with Gasteiger partial charge >= 0.3 is 6.18 Å². The van der Waals surface area contributed by atoms with Crippen molar-refractivity contribution in [2.45, 2.75) is 6.18 Å². The standard InChI is InChI=1S/C14H12F3P/c1-18(12-5-3-2-4-6-12)13-9-7-11(8-10-13)14(15,16)17/h2-10H,1H3. The van der Waals surface area contributed by atoms with Crippen molar-refractivity contribution in [1.29, 1.82) is 0 Å². The normalized spacial score (nSPS) is 13.3.